The molecule has 0 radical (unpaired) electrons. The Morgan fingerprint density at radius 2 is 1.07 bits per heavy atom. The third-order valence-electron chi connectivity index (χ3n) is 11.9. The van der Waals surface area contributed by atoms with E-state index < -0.39 is 0 Å². The summed E-state index contributed by atoms with van der Waals surface area (Å²) in [5, 5.41) is 20.4. The first kappa shape index (κ1) is 32.6. The molecule has 10 rings (SSSR count). The second-order valence-electron chi connectivity index (χ2n) is 16.1. The molecule has 0 amide bonds. The van der Waals surface area contributed by atoms with Gasteiger partial charge in [0.25, 0.3) is 0 Å². The van der Waals surface area contributed by atoms with E-state index in [1.54, 1.807) is 0 Å². The van der Waals surface area contributed by atoms with Crippen molar-refractivity contribution in [2.75, 3.05) is 6.61 Å². The van der Waals surface area contributed by atoms with Crippen LogP contribution in [0, 0.1) is 0 Å². The van der Waals surface area contributed by atoms with Gasteiger partial charge in [0, 0.05) is 6.61 Å². The fourth-order valence-electron chi connectivity index (χ4n) is 9.21. The van der Waals surface area contributed by atoms with Crippen LogP contribution in [0.15, 0.2) is 146 Å². The van der Waals surface area contributed by atoms with Gasteiger partial charge < -0.3 is 5.11 Å². The molecule has 1 aliphatic rings. The molecule has 9 aromatic rings. The van der Waals surface area contributed by atoms with E-state index in [0.717, 1.165) is 17.5 Å². The molecule has 9 aromatic carbocycles. The molecule has 54 heavy (non-hydrogen) atoms. The van der Waals surface area contributed by atoms with E-state index in [4.69, 9.17) is 0 Å². The molecule has 1 nitrogen and oxygen atoms in total. The molecule has 0 aliphatic heterocycles. The van der Waals surface area contributed by atoms with Gasteiger partial charge in [-0.05, 0) is 140 Å². The monoisotopic (exact) mass is 694 g/mol. The second kappa shape index (κ2) is 12.3. The van der Waals surface area contributed by atoms with E-state index in [9.17, 15) is 5.11 Å². The maximum absolute atomic E-state index is 9.98. The van der Waals surface area contributed by atoms with Crippen LogP contribution < -0.4 is 0 Å². The minimum absolute atomic E-state index is 0.0812. The van der Waals surface area contributed by atoms with E-state index in [0.29, 0.717) is 6.42 Å². The zero-order valence-corrected chi connectivity index (χ0v) is 31.1. The van der Waals surface area contributed by atoms with Crippen LogP contribution in [-0.2, 0) is 11.8 Å². The lowest BCUT2D eigenvalue weighted by molar-refractivity contribution is 0.288. The molecule has 0 fully saturated rings. The third-order valence-corrected chi connectivity index (χ3v) is 11.9. The quantitative estimate of drug-likeness (QED) is 0.165. The summed E-state index contributed by atoms with van der Waals surface area (Å²) in [6, 6.07) is 52.3. The molecule has 0 bridgehead atoms. The summed E-state index contributed by atoms with van der Waals surface area (Å²) < 4.78 is 0. The lowest BCUT2D eigenvalue weighted by Gasteiger charge is -2.22. The number of aliphatic hydroxyl groups is 1. The zero-order chi connectivity index (χ0) is 36.7. The molecular formula is C53H42O. The Bertz CT molecular complexity index is 2920. The SMILES string of the molecule is C=Cc1cc(-c2ccc3c4c(cccc24)-c2ccccc2-3)ccc1-c1ccc(-c2ccc3ccc4cc(C(C)(C)C)cc5ccc2c3c45)cc1CCCO. The Kier molecular flexibility index (Phi) is 7.41. The van der Waals surface area contributed by atoms with Crippen LogP contribution in [-0.4, -0.2) is 11.7 Å². The van der Waals surface area contributed by atoms with Gasteiger partial charge in [-0.2, -0.15) is 0 Å². The van der Waals surface area contributed by atoms with Crippen molar-refractivity contribution in [3.05, 3.63) is 163 Å². The molecule has 0 atom stereocenters. The number of aryl methyl sites for hydroxylation is 1. The summed E-state index contributed by atoms with van der Waals surface area (Å²) in [7, 11) is 0. The average Bonchev–Trinajstić information content (AvgIpc) is 3.53. The van der Waals surface area contributed by atoms with Crippen molar-refractivity contribution < 1.29 is 5.11 Å². The first-order chi connectivity index (χ1) is 26.3. The molecule has 1 N–H and O–H groups in total. The maximum atomic E-state index is 9.98. The maximum Gasteiger partial charge on any atom is 0.0434 e. The third kappa shape index (κ3) is 4.96. The standard InChI is InChI=1S/C53H42O/c1-5-32-28-35(43-25-26-49-45-12-7-6-11-44(45)47-14-8-13-46(43)52(47)49)18-22-40(32)41-23-19-36(29-34(41)10-9-27-54)42-21-17-33-15-16-37-30-39(53(2,3)4)31-38-20-24-48(42)51(33)50(37)38/h5-8,11-26,28-31,54H,1,9-10,27H2,2-4H3. The van der Waals surface area contributed by atoms with Crippen molar-refractivity contribution in [2.45, 2.75) is 39.0 Å². The molecule has 0 unspecified atom stereocenters. The van der Waals surface area contributed by atoms with Crippen molar-refractivity contribution in [3.8, 4) is 55.6 Å². The lowest BCUT2D eigenvalue weighted by atomic mass is 9.82. The van der Waals surface area contributed by atoms with Crippen LogP contribution in [0.1, 0.15) is 43.9 Å². The minimum Gasteiger partial charge on any atom is -0.396 e. The highest BCUT2D eigenvalue weighted by atomic mass is 16.2. The van der Waals surface area contributed by atoms with Gasteiger partial charge in [0.15, 0.2) is 0 Å². The molecule has 0 aromatic heterocycles. The van der Waals surface area contributed by atoms with Crippen LogP contribution in [0.3, 0.4) is 0 Å². The molecule has 1 heteroatoms. The minimum atomic E-state index is 0.0812. The van der Waals surface area contributed by atoms with Gasteiger partial charge in [-0.15, -0.1) is 0 Å². The predicted molar refractivity (Wildman–Crippen MR) is 233 cm³/mol. The van der Waals surface area contributed by atoms with Crippen LogP contribution in [0.5, 0.6) is 0 Å². The zero-order valence-electron chi connectivity index (χ0n) is 31.1. The first-order valence-corrected chi connectivity index (χ1v) is 19.2. The van der Waals surface area contributed by atoms with Crippen molar-refractivity contribution in [2.24, 2.45) is 0 Å². The van der Waals surface area contributed by atoms with Gasteiger partial charge in [-0.1, -0.05) is 167 Å². The summed E-state index contributed by atoms with van der Waals surface area (Å²) in [6.45, 7) is 11.3. The number of aliphatic hydroxyl groups excluding tert-OH is 1. The predicted octanol–water partition coefficient (Wildman–Crippen LogP) is 14.3. The molecule has 0 saturated heterocycles. The molecule has 0 heterocycles. The van der Waals surface area contributed by atoms with E-state index in [2.05, 4.69) is 167 Å². The fraction of sp³-hybridized carbons (Fsp3) is 0.132. The first-order valence-electron chi connectivity index (χ1n) is 19.2. The highest BCUT2D eigenvalue weighted by Gasteiger charge is 2.23. The van der Waals surface area contributed by atoms with Gasteiger partial charge in [-0.25, -0.2) is 0 Å². The summed E-state index contributed by atoms with van der Waals surface area (Å²) in [5.74, 6) is 0. The highest BCUT2D eigenvalue weighted by Crippen LogP contribution is 2.49. The van der Waals surface area contributed by atoms with E-state index >= 15 is 0 Å². The van der Waals surface area contributed by atoms with Crippen LogP contribution in [0.2, 0.25) is 0 Å². The summed E-state index contributed by atoms with van der Waals surface area (Å²) >= 11 is 0. The van der Waals surface area contributed by atoms with Crippen LogP contribution in [0.4, 0.5) is 0 Å². The van der Waals surface area contributed by atoms with Gasteiger partial charge in [-0.3, -0.25) is 0 Å². The molecule has 260 valence electrons. The van der Waals surface area contributed by atoms with Gasteiger partial charge in [0.2, 0.25) is 0 Å². The largest absolute Gasteiger partial charge is 0.396 e. The van der Waals surface area contributed by atoms with Crippen LogP contribution >= 0.6 is 0 Å². The summed E-state index contributed by atoms with van der Waals surface area (Å²) in [6.07, 6.45) is 3.48. The fourth-order valence-corrected chi connectivity index (χ4v) is 9.21. The van der Waals surface area contributed by atoms with Gasteiger partial charge in [0.05, 0.1) is 0 Å². The number of fused-ring (bicyclic) bond motifs is 3. The normalized spacial score (nSPS) is 12.4. The van der Waals surface area contributed by atoms with Crippen LogP contribution in [0.25, 0.3) is 105 Å². The number of benzene rings is 9. The summed E-state index contributed by atoms with van der Waals surface area (Å²) in [4.78, 5) is 0. The number of rotatable bonds is 7. The van der Waals surface area contributed by atoms with Crippen molar-refractivity contribution >= 4 is 49.2 Å². The van der Waals surface area contributed by atoms with E-state index in [1.165, 1.54) is 104 Å². The van der Waals surface area contributed by atoms with Crippen molar-refractivity contribution in [1.29, 1.82) is 0 Å². The number of hydrogen-bond donors (Lipinski definition) is 1. The van der Waals surface area contributed by atoms with E-state index in [-0.39, 0.29) is 12.0 Å². The van der Waals surface area contributed by atoms with Crippen molar-refractivity contribution in [3.63, 3.8) is 0 Å². The molecule has 1 aliphatic carbocycles. The van der Waals surface area contributed by atoms with Gasteiger partial charge in [0.1, 0.15) is 0 Å². The number of hydrogen-bond acceptors (Lipinski definition) is 1. The molecular weight excluding hydrogens is 653 g/mol. The Morgan fingerprint density at radius 3 is 1.80 bits per heavy atom. The average molecular weight is 695 g/mol. The second-order valence-corrected chi connectivity index (χ2v) is 16.1. The molecule has 0 spiro atoms. The topological polar surface area (TPSA) is 20.2 Å². The Labute approximate surface area is 317 Å². The van der Waals surface area contributed by atoms with E-state index in [1.807, 2.05) is 6.08 Å². The van der Waals surface area contributed by atoms with Gasteiger partial charge >= 0.3 is 0 Å². The Hall–Kier alpha value is -6.02. The highest BCUT2D eigenvalue weighted by molar-refractivity contribution is 6.25. The van der Waals surface area contributed by atoms with Crippen molar-refractivity contribution in [1.82, 2.24) is 0 Å². The smallest absolute Gasteiger partial charge is 0.0434 e. The summed E-state index contributed by atoms with van der Waals surface area (Å²) in [5.41, 5.74) is 16.3. The Morgan fingerprint density at radius 1 is 0.500 bits per heavy atom. The Balaban J connectivity index is 1.09. The lowest BCUT2D eigenvalue weighted by Crippen LogP contribution is -2.10. The molecule has 0 saturated carbocycles.